The van der Waals surface area contributed by atoms with Gasteiger partial charge < -0.3 is 10.6 Å². The number of nitrogens with one attached hydrogen (secondary N) is 1. The van der Waals surface area contributed by atoms with Crippen LogP contribution in [0.15, 0.2) is 42.5 Å². The van der Waals surface area contributed by atoms with Crippen LogP contribution in [0.1, 0.15) is 29.7 Å². The third kappa shape index (κ3) is 3.37. The zero-order chi connectivity index (χ0) is 15.6. The fraction of sp³-hybridized carbons (Fsp3) is 0.235. The van der Waals surface area contributed by atoms with E-state index in [9.17, 15) is 0 Å². The Kier molecular flexibility index (Phi) is 4.53. The zero-order valence-corrected chi connectivity index (χ0v) is 13.3. The number of aryl methyl sites for hydroxylation is 1. The van der Waals surface area contributed by atoms with Crippen molar-refractivity contribution in [3.05, 3.63) is 64.2 Å². The van der Waals surface area contributed by atoms with E-state index in [1.165, 1.54) is 0 Å². The van der Waals surface area contributed by atoms with Crippen molar-refractivity contribution < 1.29 is 0 Å². The third-order valence-corrected chi connectivity index (χ3v) is 4.01. The minimum atomic E-state index is 0.0835. The van der Waals surface area contributed by atoms with Crippen LogP contribution in [0.25, 0.3) is 0 Å². The maximum atomic E-state index is 7.75. The fourth-order valence-electron chi connectivity index (χ4n) is 2.33. The molecule has 0 bridgehead atoms. The summed E-state index contributed by atoms with van der Waals surface area (Å²) >= 11 is 5.94. The van der Waals surface area contributed by atoms with E-state index in [1.54, 1.807) is 0 Å². The predicted molar refractivity (Wildman–Crippen MR) is 90.5 cm³/mol. The summed E-state index contributed by atoms with van der Waals surface area (Å²) in [5, 5.41) is 8.48. The Morgan fingerprint density at radius 2 is 1.81 bits per heavy atom. The molecule has 0 fully saturated rings. The molecule has 0 saturated heterocycles. The molecule has 0 amide bonds. The molecule has 3 nitrogen and oxygen atoms in total. The largest absolute Gasteiger partial charge is 0.384 e. The highest BCUT2D eigenvalue weighted by Gasteiger charge is 2.16. The first-order valence-electron chi connectivity index (χ1n) is 6.83. The number of amidine groups is 1. The van der Waals surface area contributed by atoms with Crippen molar-refractivity contribution in [3.8, 4) is 0 Å². The van der Waals surface area contributed by atoms with Crippen LogP contribution in [0.5, 0.6) is 0 Å². The number of nitrogens with two attached hydrogens (primary N) is 1. The van der Waals surface area contributed by atoms with Crippen molar-refractivity contribution in [2.75, 3.05) is 11.9 Å². The summed E-state index contributed by atoms with van der Waals surface area (Å²) in [5.41, 5.74) is 9.73. The van der Waals surface area contributed by atoms with E-state index >= 15 is 0 Å². The lowest BCUT2D eigenvalue weighted by Gasteiger charge is -2.29. The van der Waals surface area contributed by atoms with E-state index in [-0.39, 0.29) is 11.9 Å². The first-order valence-corrected chi connectivity index (χ1v) is 7.21. The highest BCUT2D eigenvalue weighted by molar-refractivity contribution is 6.30. The average Bonchev–Trinajstić information content (AvgIpc) is 2.46. The quantitative estimate of drug-likeness (QED) is 0.659. The summed E-state index contributed by atoms with van der Waals surface area (Å²) < 4.78 is 0. The van der Waals surface area contributed by atoms with E-state index in [1.807, 2.05) is 50.4 Å². The molecule has 21 heavy (non-hydrogen) atoms. The zero-order valence-electron chi connectivity index (χ0n) is 12.5. The number of hydrogen-bond acceptors (Lipinski definition) is 2. The minimum absolute atomic E-state index is 0.0835. The number of halogens is 1. The maximum absolute atomic E-state index is 7.75. The second-order valence-electron chi connectivity index (χ2n) is 5.27. The molecule has 0 aliphatic rings. The Hall–Kier alpha value is -2.00. The molecule has 0 radical (unpaired) electrons. The van der Waals surface area contributed by atoms with Gasteiger partial charge in [0.1, 0.15) is 5.84 Å². The van der Waals surface area contributed by atoms with Gasteiger partial charge in [-0.1, -0.05) is 29.8 Å². The minimum Gasteiger partial charge on any atom is -0.384 e. The molecule has 0 heterocycles. The summed E-state index contributed by atoms with van der Waals surface area (Å²) in [5.74, 6) is 0.0835. The van der Waals surface area contributed by atoms with Gasteiger partial charge in [-0.05, 0) is 49.2 Å². The first-order chi connectivity index (χ1) is 9.90. The van der Waals surface area contributed by atoms with Crippen molar-refractivity contribution in [2.24, 2.45) is 5.73 Å². The molecule has 2 aromatic rings. The molecule has 3 N–H and O–H groups in total. The number of benzene rings is 2. The lowest BCUT2D eigenvalue weighted by molar-refractivity contribution is 0.739. The highest BCUT2D eigenvalue weighted by atomic mass is 35.5. The number of nitrogen functional groups attached to an aromatic ring is 1. The molecule has 0 aliphatic heterocycles. The van der Waals surface area contributed by atoms with Crippen molar-refractivity contribution in [1.29, 1.82) is 5.41 Å². The van der Waals surface area contributed by atoms with Gasteiger partial charge in [-0.15, -0.1) is 0 Å². The fourth-order valence-corrected chi connectivity index (χ4v) is 2.46. The van der Waals surface area contributed by atoms with Crippen LogP contribution in [0, 0.1) is 12.3 Å². The smallest absolute Gasteiger partial charge is 0.124 e. The summed E-state index contributed by atoms with van der Waals surface area (Å²) in [6.45, 7) is 4.16. The molecule has 4 heteroatoms. The van der Waals surface area contributed by atoms with Crippen LogP contribution < -0.4 is 10.6 Å². The predicted octanol–water partition coefficient (Wildman–Crippen LogP) is 4.13. The van der Waals surface area contributed by atoms with Crippen LogP contribution in [-0.2, 0) is 0 Å². The topological polar surface area (TPSA) is 53.1 Å². The lowest BCUT2D eigenvalue weighted by atomic mass is 10.0. The molecule has 1 atom stereocenters. The lowest BCUT2D eigenvalue weighted by Crippen LogP contribution is -2.25. The first kappa shape index (κ1) is 15.4. The van der Waals surface area contributed by atoms with E-state index in [0.717, 1.165) is 27.4 Å². The third-order valence-electron chi connectivity index (χ3n) is 3.76. The van der Waals surface area contributed by atoms with Gasteiger partial charge in [0.15, 0.2) is 0 Å². The Balaban J connectivity index is 2.39. The molecule has 0 aromatic heterocycles. The SMILES string of the molecule is Cc1ccc(C(=N)N)c(N(C)C(C)c2ccc(Cl)cc2)c1. The summed E-state index contributed by atoms with van der Waals surface area (Å²) in [6.07, 6.45) is 0. The van der Waals surface area contributed by atoms with Gasteiger partial charge in [0, 0.05) is 23.3 Å². The molecular weight excluding hydrogens is 282 g/mol. The Morgan fingerprint density at radius 3 is 2.38 bits per heavy atom. The van der Waals surface area contributed by atoms with E-state index < -0.39 is 0 Å². The van der Waals surface area contributed by atoms with Crippen LogP contribution in [-0.4, -0.2) is 12.9 Å². The number of rotatable bonds is 4. The molecule has 2 rings (SSSR count). The number of hydrogen-bond donors (Lipinski definition) is 2. The summed E-state index contributed by atoms with van der Waals surface area (Å²) in [7, 11) is 2.01. The van der Waals surface area contributed by atoms with Crippen LogP contribution in [0.3, 0.4) is 0 Å². The van der Waals surface area contributed by atoms with Gasteiger partial charge in [-0.25, -0.2) is 0 Å². The van der Waals surface area contributed by atoms with Crippen LogP contribution in [0.2, 0.25) is 5.02 Å². The summed E-state index contributed by atoms with van der Waals surface area (Å²) in [6, 6.07) is 13.9. The van der Waals surface area contributed by atoms with Crippen molar-refractivity contribution in [1.82, 2.24) is 0 Å². The van der Waals surface area contributed by atoms with Gasteiger partial charge >= 0.3 is 0 Å². The molecule has 0 saturated carbocycles. The van der Waals surface area contributed by atoms with E-state index in [2.05, 4.69) is 17.9 Å². The van der Waals surface area contributed by atoms with Crippen LogP contribution in [0.4, 0.5) is 5.69 Å². The second-order valence-corrected chi connectivity index (χ2v) is 5.71. The number of nitrogens with zero attached hydrogens (tertiary/aromatic N) is 1. The van der Waals surface area contributed by atoms with Gasteiger partial charge in [0.2, 0.25) is 0 Å². The summed E-state index contributed by atoms with van der Waals surface area (Å²) in [4.78, 5) is 2.13. The normalized spacial score (nSPS) is 12.0. The highest BCUT2D eigenvalue weighted by Crippen LogP contribution is 2.29. The standard InChI is InChI=1S/C17H20ClN3/c1-11-4-9-15(17(19)20)16(10-11)21(3)12(2)13-5-7-14(18)8-6-13/h4-10,12H,1-3H3,(H3,19,20). The van der Waals surface area contributed by atoms with Crippen molar-refractivity contribution in [2.45, 2.75) is 19.9 Å². The monoisotopic (exact) mass is 301 g/mol. The molecule has 0 spiro atoms. The number of anilines is 1. The van der Waals surface area contributed by atoms with Crippen molar-refractivity contribution >= 4 is 23.1 Å². The molecule has 110 valence electrons. The maximum Gasteiger partial charge on any atom is 0.124 e. The van der Waals surface area contributed by atoms with E-state index in [4.69, 9.17) is 22.7 Å². The molecule has 1 unspecified atom stereocenters. The molecule has 2 aromatic carbocycles. The van der Waals surface area contributed by atoms with Crippen molar-refractivity contribution in [3.63, 3.8) is 0 Å². The van der Waals surface area contributed by atoms with E-state index in [0.29, 0.717) is 0 Å². The van der Waals surface area contributed by atoms with Gasteiger partial charge in [-0.3, -0.25) is 5.41 Å². The second kappa shape index (κ2) is 6.19. The van der Waals surface area contributed by atoms with Gasteiger partial charge in [0.25, 0.3) is 0 Å². The van der Waals surface area contributed by atoms with Gasteiger partial charge in [-0.2, -0.15) is 0 Å². The van der Waals surface area contributed by atoms with Crippen LogP contribution >= 0.6 is 11.6 Å². The Labute approximate surface area is 130 Å². The Morgan fingerprint density at radius 1 is 1.19 bits per heavy atom. The average molecular weight is 302 g/mol. The molecular formula is C17H20ClN3. The molecule has 0 aliphatic carbocycles. The van der Waals surface area contributed by atoms with Gasteiger partial charge in [0.05, 0.1) is 6.04 Å². The Bertz CT molecular complexity index is 650.